The molecular weight excluding hydrogens is 450 g/mol. The Morgan fingerprint density at radius 1 is 1.09 bits per heavy atom. The number of thioether (sulfide) groups is 1. The van der Waals surface area contributed by atoms with Gasteiger partial charge in [0, 0.05) is 0 Å². The largest absolute Gasteiger partial charge is 0.493 e. The van der Waals surface area contributed by atoms with E-state index in [1.807, 2.05) is 0 Å². The quantitative estimate of drug-likeness (QED) is 0.455. The van der Waals surface area contributed by atoms with Crippen LogP contribution in [0.4, 0.5) is 4.79 Å². The number of amides is 2. The normalized spacial score (nSPS) is 15.5. The highest BCUT2D eigenvalue weighted by molar-refractivity contribution is 8.18. The molecule has 1 aliphatic heterocycles. The van der Waals surface area contributed by atoms with Crippen LogP contribution < -0.4 is 9.47 Å². The standard InChI is InChI=1S/C23H21NO8S/c1-13(22(28)31-3)24-20(25)19(33-23(24)29)11-15-6-9-17(18(10-15)30-2)32-12-14-4-7-16(8-5-14)21(26)27/h4-11,13H,12H2,1-3H3,(H,26,27)/b19-11+. The van der Waals surface area contributed by atoms with Crippen LogP contribution in [0.3, 0.4) is 0 Å². The molecule has 1 atom stereocenters. The molecule has 1 fully saturated rings. The maximum Gasteiger partial charge on any atom is 0.335 e. The van der Waals surface area contributed by atoms with Gasteiger partial charge < -0.3 is 19.3 Å². The Bertz CT molecular complexity index is 1130. The van der Waals surface area contributed by atoms with Crippen molar-refractivity contribution in [3.63, 3.8) is 0 Å². The van der Waals surface area contributed by atoms with Crippen molar-refractivity contribution in [2.75, 3.05) is 14.2 Å². The second kappa shape index (κ2) is 10.2. The van der Waals surface area contributed by atoms with E-state index in [9.17, 15) is 19.2 Å². The van der Waals surface area contributed by atoms with Crippen LogP contribution in [0, 0.1) is 0 Å². The van der Waals surface area contributed by atoms with E-state index in [0.717, 1.165) is 22.2 Å². The molecule has 1 heterocycles. The minimum absolute atomic E-state index is 0.171. The van der Waals surface area contributed by atoms with Crippen LogP contribution in [-0.4, -0.2) is 53.4 Å². The van der Waals surface area contributed by atoms with Crippen LogP contribution in [0.2, 0.25) is 0 Å². The highest BCUT2D eigenvalue weighted by Gasteiger charge is 2.41. The second-order valence-electron chi connectivity index (χ2n) is 6.95. The van der Waals surface area contributed by atoms with Crippen molar-refractivity contribution in [2.24, 2.45) is 0 Å². The molecule has 2 aromatic rings. The fourth-order valence-electron chi connectivity index (χ4n) is 3.04. The first-order valence-electron chi connectivity index (χ1n) is 9.73. The van der Waals surface area contributed by atoms with Crippen LogP contribution in [0.25, 0.3) is 6.08 Å². The Kier molecular flexibility index (Phi) is 7.39. The lowest BCUT2D eigenvalue weighted by Crippen LogP contribution is -2.42. The zero-order chi connectivity index (χ0) is 24.1. The highest BCUT2D eigenvalue weighted by Crippen LogP contribution is 2.35. The molecular formula is C23H21NO8S. The Morgan fingerprint density at radius 2 is 1.79 bits per heavy atom. The van der Waals surface area contributed by atoms with Gasteiger partial charge in [-0.3, -0.25) is 14.5 Å². The van der Waals surface area contributed by atoms with Gasteiger partial charge in [0.2, 0.25) is 0 Å². The lowest BCUT2D eigenvalue weighted by Gasteiger charge is -2.18. The van der Waals surface area contributed by atoms with Gasteiger partial charge in [0.1, 0.15) is 12.6 Å². The third-order valence-electron chi connectivity index (χ3n) is 4.83. The number of carbonyl (C=O) groups excluding carboxylic acids is 3. The number of carboxylic acids is 1. The van der Waals surface area contributed by atoms with Gasteiger partial charge in [0.05, 0.1) is 24.7 Å². The SMILES string of the molecule is COC(=O)C(C)N1C(=O)S/C(=C/c2ccc(OCc3ccc(C(=O)O)cc3)c(OC)c2)C1=O. The molecule has 1 aliphatic rings. The number of imide groups is 1. The van der Waals surface area contributed by atoms with Gasteiger partial charge in [0.15, 0.2) is 11.5 Å². The number of benzene rings is 2. The summed E-state index contributed by atoms with van der Waals surface area (Å²) in [7, 11) is 2.66. The number of hydrogen-bond donors (Lipinski definition) is 1. The maximum absolute atomic E-state index is 12.6. The monoisotopic (exact) mass is 471 g/mol. The maximum atomic E-state index is 12.6. The predicted molar refractivity (Wildman–Crippen MR) is 120 cm³/mol. The van der Waals surface area contributed by atoms with Crippen molar-refractivity contribution in [3.05, 3.63) is 64.1 Å². The third kappa shape index (κ3) is 5.35. The minimum Gasteiger partial charge on any atom is -0.493 e. The van der Waals surface area contributed by atoms with Crippen molar-refractivity contribution in [3.8, 4) is 11.5 Å². The highest BCUT2D eigenvalue weighted by atomic mass is 32.2. The summed E-state index contributed by atoms with van der Waals surface area (Å²) >= 11 is 0.738. The van der Waals surface area contributed by atoms with Crippen molar-refractivity contribution < 1.29 is 38.5 Å². The van der Waals surface area contributed by atoms with Gasteiger partial charge >= 0.3 is 11.9 Å². The molecule has 0 aromatic heterocycles. The van der Waals surface area contributed by atoms with E-state index in [0.29, 0.717) is 17.1 Å². The summed E-state index contributed by atoms with van der Waals surface area (Å²) < 4.78 is 15.8. The first kappa shape index (κ1) is 23.9. The Balaban J connectivity index is 1.74. The first-order chi connectivity index (χ1) is 15.7. The molecule has 0 aliphatic carbocycles. The molecule has 1 N–H and O–H groups in total. The Labute approximate surface area is 193 Å². The number of nitrogens with zero attached hydrogens (tertiary/aromatic N) is 1. The number of ether oxygens (including phenoxy) is 3. The summed E-state index contributed by atoms with van der Waals surface area (Å²) in [6, 6.07) is 10.3. The third-order valence-corrected chi connectivity index (χ3v) is 5.72. The molecule has 9 nitrogen and oxygen atoms in total. The van der Waals surface area contributed by atoms with Gasteiger partial charge in [0.25, 0.3) is 11.1 Å². The lowest BCUT2D eigenvalue weighted by atomic mass is 10.1. The summed E-state index contributed by atoms with van der Waals surface area (Å²) in [5.74, 6) is -1.40. The molecule has 3 rings (SSSR count). The summed E-state index contributed by atoms with van der Waals surface area (Å²) in [6.45, 7) is 1.62. The molecule has 0 radical (unpaired) electrons. The predicted octanol–water partition coefficient (Wildman–Crippen LogP) is 3.57. The van der Waals surface area contributed by atoms with Crippen molar-refractivity contribution >= 4 is 40.9 Å². The summed E-state index contributed by atoms with van der Waals surface area (Å²) in [4.78, 5) is 48.6. The van der Waals surface area contributed by atoms with Gasteiger partial charge in [-0.2, -0.15) is 0 Å². The van der Waals surface area contributed by atoms with Gasteiger partial charge in [-0.1, -0.05) is 18.2 Å². The molecule has 10 heteroatoms. The van der Waals surface area contributed by atoms with Crippen molar-refractivity contribution in [1.29, 1.82) is 0 Å². The van der Waals surface area contributed by atoms with Crippen LogP contribution in [0.15, 0.2) is 47.4 Å². The summed E-state index contributed by atoms with van der Waals surface area (Å²) in [5, 5.41) is 8.42. The van der Waals surface area contributed by atoms with Crippen LogP contribution in [-0.2, 0) is 20.9 Å². The molecule has 33 heavy (non-hydrogen) atoms. The fourth-order valence-corrected chi connectivity index (χ4v) is 3.95. The number of methoxy groups -OCH3 is 2. The van der Waals surface area contributed by atoms with Crippen molar-refractivity contribution in [2.45, 2.75) is 19.6 Å². The van der Waals surface area contributed by atoms with E-state index in [2.05, 4.69) is 4.74 Å². The van der Waals surface area contributed by atoms with E-state index in [1.54, 1.807) is 30.3 Å². The average Bonchev–Trinajstić information content (AvgIpc) is 3.09. The molecule has 2 aromatic carbocycles. The first-order valence-corrected chi connectivity index (χ1v) is 10.5. The van der Waals surface area contributed by atoms with Crippen LogP contribution in [0.5, 0.6) is 11.5 Å². The van der Waals surface area contributed by atoms with Gasteiger partial charge in [-0.05, 0) is 60.2 Å². The zero-order valence-corrected chi connectivity index (χ0v) is 18.9. The zero-order valence-electron chi connectivity index (χ0n) is 18.1. The van der Waals surface area contributed by atoms with E-state index in [1.165, 1.54) is 39.4 Å². The van der Waals surface area contributed by atoms with Crippen molar-refractivity contribution in [1.82, 2.24) is 4.90 Å². The number of rotatable bonds is 8. The molecule has 0 bridgehead atoms. The second-order valence-corrected chi connectivity index (χ2v) is 7.95. The van der Waals surface area contributed by atoms with E-state index in [-0.39, 0.29) is 17.1 Å². The molecule has 172 valence electrons. The Morgan fingerprint density at radius 3 is 2.39 bits per heavy atom. The molecule has 0 spiro atoms. The summed E-state index contributed by atoms with van der Waals surface area (Å²) in [5.41, 5.74) is 1.56. The minimum atomic E-state index is -1.02. The smallest absolute Gasteiger partial charge is 0.335 e. The Hall–Kier alpha value is -3.79. The lowest BCUT2D eigenvalue weighted by molar-refractivity contribution is -0.148. The van der Waals surface area contributed by atoms with Crippen LogP contribution >= 0.6 is 11.8 Å². The number of carbonyl (C=O) groups is 4. The van der Waals surface area contributed by atoms with E-state index >= 15 is 0 Å². The molecule has 2 amide bonds. The van der Waals surface area contributed by atoms with E-state index in [4.69, 9.17) is 14.6 Å². The fraction of sp³-hybridized carbons (Fsp3) is 0.217. The summed E-state index contributed by atoms with van der Waals surface area (Å²) in [6.07, 6.45) is 1.53. The molecule has 1 unspecified atom stereocenters. The number of hydrogen-bond acceptors (Lipinski definition) is 8. The van der Waals surface area contributed by atoms with E-state index < -0.39 is 29.1 Å². The number of esters is 1. The topological polar surface area (TPSA) is 119 Å². The molecule has 1 saturated heterocycles. The average molecular weight is 471 g/mol. The number of aromatic carboxylic acids is 1. The van der Waals surface area contributed by atoms with Gasteiger partial charge in [-0.25, -0.2) is 9.59 Å². The molecule has 0 saturated carbocycles. The van der Waals surface area contributed by atoms with Crippen LogP contribution in [0.1, 0.15) is 28.4 Å². The number of carboxylic acid groups (broad SMARTS) is 1. The van der Waals surface area contributed by atoms with Gasteiger partial charge in [-0.15, -0.1) is 0 Å².